The molecule has 0 spiro atoms. The summed E-state index contributed by atoms with van der Waals surface area (Å²) in [6.45, 7) is 0. The Labute approximate surface area is 200 Å². The third-order valence-electron chi connectivity index (χ3n) is 5.50. The molecule has 33 heavy (non-hydrogen) atoms. The van der Waals surface area contributed by atoms with Crippen molar-refractivity contribution in [3.8, 4) is 34.3 Å². The van der Waals surface area contributed by atoms with Crippen LogP contribution in [0.15, 0.2) is 89.4 Å². The Morgan fingerprint density at radius 2 is 1.42 bits per heavy atom. The topological polar surface area (TPSA) is 57.7 Å². The largest absolute Gasteiger partial charge is 0.362 e. The molecular weight excluding hydrogens is 474 g/mol. The van der Waals surface area contributed by atoms with Crippen molar-refractivity contribution >= 4 is 32.7 Å². The average Bonchev–Trinajstić information content (AvgIpc) is 3.26. The minimum Gasteiger partial charge on any atom is -0.362 e. The summed E-state index contributed by atoms with van der Waals surface area (Å²) >= 11 is 3.52. The van der Waals surface area contributed by atoms with Gasteiger partial charge in [-0.25, -0.2) is 9.67 Å². The average molecular weight is 494 g/mol. The lowest BCUT2D eigenvalue weighted by Gasteiger charge is -2.16. The summed E-state index contributed by atoms with van der Waals surface area (Å²) in [5.41, 5.74) is 5.36. The van der Waals surface area contributed by atoms with E-state index in [1.165, 1.54) is 0 Å². The lowest BCUT2D eigenvalue weighted by molar-refractivity contribution is 0.866. The van der Waals surface area contributed by atoms with Crippen molar-refractivity contribution in [2.45, 2.75) is 0 Å². The number of hydrogen-bond donors (Lipinski definition) is 0. The molecule has 0 atom stereocenters. The first kappa shape index (κ1) is 20.9. The van der Waals surface area contributed by atoms with Gasteiger partial charge >= 0.3 is 0 Å². The quantitative estimate of drug-likeness (QED) is 0.288. The smallest absolute Gasteiger partial charge is 0.141 e. The summed E-state index contributed by atoms with van der Waals surface area (Å²) in [5, 5.41) is 16.1. The van der Waals surface area contributed by atoms with Gasteiger partial charge < -0.3 is 4.90 Å². The van der Waals surface area contributed by atoms with Crippen LogP contribution in [0.4, 0.5) is 5.82 Å². The van der Waals surface area contributed by atoms with Crippen molar-refractivity contribution in [1.29, 1.82) is 5.26 Å². The van der Waals surface area contributed by atoms with Gasteiger partial charge in [0.15, 0.2) is 0 Å². The Balaban J connectivity index is 1.96. The van der Waals surface area contributed by atoms with Crippen LogP contribution in [0.25, 0.3) is 39.1 Å². The summed E-state index contributed by atoms with van der Waals surface area (Å²) in [5.74, 6) is 0.839. The number of halogens is 1. The molecule has 0 radical (unpaired) electrons. The van der Waals surface area contributed by atoms with Gasteiger partial charge in [0.25, 0.3) is 0 Å². The summed E-state index contributed by atoms with van der Waals surface area (Å²) < 4.78 is 2.88. The van der Waals surface area contributed by atoms with Crippen LogP contribution in [0, 0.1) is 11.3 Å². The Kier molecular flexibility index (Phi) is 5.41. The number of nitrogens with zero attached hydrogens (tertiary/aromatic N) is 5. The van der Waals surface area contributed by atoms with Gasteiger partial charge in [0.1, 0.15) is 17.4 Å². The Hall–Kier alpha value is -3.95. The van der Waals surface area contributed by atoms with Gasteiger partial charge in [-0.15, -0.1) is 0 Å². The predicted molar refractivity (Wildman–Crippen MR) is 136 cm³/mol. The van der Waals surface area contributed by atoms with Crippen LogP contribution >= 0.6 is 15.9 Å². The van der Waals surface area contributed by atoms with Crippen LogP contribution in [0.5, 0.6) is 0 Å². The van der Waals surface area contributed by atoms with E-state index in [2.05, 4.69) is 22.0 Å². The van der Waals surface area contributed by atoms with E-state index in [0.29, 0.717) is 16.8 Å². The van der Waals surface area contributed by atoms with Gasteiger partial charge in [0, 0.05) is 29.7 Å². The number of rotatable bonds is 4. The molecule has 3 aromatic carbocycles. The maximum Gasteiger partial charge on any atom is 0.141 e. The zero-order valence-corrected chi connectivity index (χ0v) is 19.8. The SMILES string of the molecule is CN(C)c1c2c(C#N)c(-c3ccccc3)nc(-c3ccc(Br)cc3)c2nn1-c1ccccc1. The number of anilines is 1. The first-order chi connectivity index (χ1) is 16.1. The van der Waals surface area contributed by atoms with Crippen LogP contribution in [0.3, 0.4) is 0 Å². The molecule has 160 valence electrons. The van der Waals surface area contributed by atoms with Gasteiger partial charge in [0.05, 0.1) is 28.0 Å². The number of benzene rings is 3. The van der Waals surface area contributed by atoms with Crippen LogP contribution in [0.2, 0.25) is 0 Å². The molecule has 0 aliphatic carbocycles. The summed E-state index contributed by atoms with van der Waals surface area (Å²) in [6, 6.07) is 30.3. The Bertz CT molecular complexity index is 1480. The minimum atomic E-state index is 0.517. The van der Waals surface area contributed by atoms with Gasteiger partial charge in [-0.3, -0.25) is 0 Å². The van der Waals surface area contributed by atoms with Crippen LogP contribution < -0.4 is 4.90 Å². The first-order valence-corrected chi connectivity index (χ1v) is 11.3. The fourth-order valence-electron chi connectivity index (χ4n) is 4.03. The van der Waals surface area contributed by atoms with Crippen molar-refractivity contribution in [2.24, 2.45) is 0 Å². The molecule has 2 aromatic heterocycles. The minimum absolute atomic E-state index is 0.517. The highest BCUT2D eigenvalue weighted by Crippen LogP contribution is 2.40. The predicted octanol–water partition coefficient (Wildman–Crippen LogP) is 6.45. The molecule has 5 aromatic rings. The van der Waals surface area contributed by atoms with Crippen LogP contribution in [0.1, 0.15) is 5.56 Å². The first-order valence-electron chi connectivity index (χ1n) is 10.5. The highest BCUT2D eigenvalue weighted by molar-refractivity contribution is 9.10. The molecule has 5 rings (SSSR count). The summed E-state index contributed by atoms with van der Waals surface area (Å²) in [7, 11) is 3.94. The molecular formula is C27H20BrN5. The van der Waals surface area contributed by atoms with Gasteiger partial charge in [0.2, 0.25) is 0 Å². The molecule has 0 fully saturated rings. The third kappa shape index (κ3) is 3.67. The lowest BCUT2D eigenvalue weighted by atomic mass is 9.99. The van der Waals surface area contributed by atoms with Gasteiger partial charge in [-0.05, 0) is 24.3 Å². The molecule has 0 saturated carbocycles. The molecule has 0 amide bonds. The highest BCUT2D eigenvalue weighted by atomic mass is 79.9. The van der Waals surface area contributed by atoms with E-state index >= 15 is 0 Å². The fourth-order valence-corrected chi connectivity index (χ4v) is 4.29. The molecule has 0 N–H and O–H groups in total. The molecule has 0 bridgehead atoms. The third-order valence-corrected chi connectivity index (χ3v) is 6.03. The van der Waals surface area contributed by atoms with E-state index in [0.717, 1.165) is 38.2 Å². The normalized spacial score (nSPS) is 10.8. The fraction of sp³-hybridized carbons (Fsp3) is 0.0741. The van der Waals surface area contributed by atoms with E-state index in [1.807, 2.05) is 109 Å². The van der Waals surface area contributed by atoms with Gasteiger partial charge in [-0.1, -0.05) is 76.6 Å². The van der Waals surface area contributed by atoms with E-state index < -0.39 is 0 Å². The number of pyridine rings is 1. The summed E-state index contributed by atoms with van der Waals surface area (Å²) in [4.78, 5) is 7.02. The molecule has 6 heteroatoms. The standard InChI is InChI=1S/C27H20BrN5/c1-32(2)27-23-22(17-29)24(18-9-5-3-6-10-18)30-25(19-13-15-20(28)16-14-19)26(23)31-33(27)21-11-7-4-8-12-21/h3-16H,1-2H3. The maximum absolute atomic E-state index is 10.3. The number of aromatic nitrogens is 3. The molecule has 0 aliphatic rings. The monoisotopic (exact) mass is 493 g/mol. The summed E-state index contributed by atoms with van der Waals surface area (Å²) in [6.07, 6.45) is 0. The second kappa shape index (κ2) is 8.53. The second-order valence-corrected chi connectivity index (χ2v) is 8.77. The molecule has 0 unspecified atom stereocenters. The number of fused-ring (bicyclic) bond motifs is 1. The van der Waals surface area contributed by atoms with E-state index in [4.69, 9.17) is 10.1 Å². The zero-order chi connectivity index (χ0) is 22.9. The van der Waals surface area contributed by atoms with Crippen LogP contribution in [-0.4, -0.2) is 28.9 Å². The number of nitriles is 1. The molecule has 0 saturated heterocycles. The van der Waals surface area contributed by atoms with E-state index in [1.54, 1.807) is 0 Å². The molecule has 5 nitrogen and oxygen atoms in total. The van der Waals surface area contributed by atoms with Crippen molar-refractivity contribution < 1.29 is 0 Å². The van der Waals surface area contributed by atoms with Gasteiger partial charge in [-0.2, -0.15) is 10.4 Å². The molecule has 2 heterocycles. The van der Waals surface area contributed by atoms with Crippen molar-refractivity contribution in [3.05, 3.63) is 95.0 Å². The van der Waals surface area contributed by atoms with E-state index in [9.17, 15) is 5.26 Å². The van der Waals surface area contributed by atoms with Crippen molar-refractivity contribution in [2.75, 3.05) is 19.0 Å². The Morgan fingerprint density at radius 1 is 0.818 bits per heavy atom. The van der Waals surface area contributed by atoms with E-state index in [-0.39, 0.29) is 0 Å². The highest BCUT2D eigenvalue weighted by Gasteiger charge is 2.25. The van der Waals surface area contributed by atoms with Crippen molar-refractivity contribution in [1.82, 2.24) is 14.8 Å². The van der Waals surface area contributed by atoms with Crippen molar-refractivity contribution in [3.63, 3.8) is 0 Å². The number of hydrogen-bond acceptors (Lipinski definition) is 4. The molecule has 0 aliphatic heterocycles. The number of para-hydroxylation sites is 1. The lowest BCUT2D eigenvalue weighted by Crippen LogP contribution is -2.14. The van der Waals surface area contributed by atoms with Crippen LogP contribution in [-0.2, 0) is 0 Å². The second-order valence-electron chi connectivity index (χ2n) is 7.86. The maximum atomic E-state index is 10.3. The zero-order valence-electron chi connectivity index (χ0n) is 18.2. The Morgan fingerprint density at radius 3 is 2.03 bits per heavy atom.